The summed E-state index contributed by atoms with van der Waals surface area (Å²) in [6.45, 7) is 5.65. The van der Waals surface area contributed by atoms with Crippen LogP contribution >= 0.6 is 0 Å². The van der Waals surface area contributed by atoms with Gasteiger partial charge in [-0.15, -0.1) is 0 Å². The molecule has 0 spiro atoms. The summed E-state index contributed by atoms with van der Waals surface area (Å²) in [5.41, 5.74) is 0.703. The normalized spacial score (nSPS) is 13.9. The lowest BCUT2D eigenvalue weighted by atomic mass is 9.98. The highest BCUT2D eigenvalue weighted by Gasteiger charge is 2.24. The Morgan fingerprint density at radius 2 is 1.74 bits per heavy atom. The van der Waals surface area contributed by atoms with Crippen molar-refractivity contribution in [3.63, 3.8) is 0 Å². The number of benzene rings is 1. The summed E-state index contributed by atoms with van der Waals surface area (Å²) in [4.78, 5) is 22.8. The van der Waals surface area contributed by atoms with E-state index >= 15 is 0 Å². The summed E-state index contributed by atoms with van der Waals surface area (Å²) >= 11 is 0. The molecule has 2 unspecified atom stereocenters. The van der Waals surface area contributed by atoms with Crippen LogP contribution in [-0.2, 0) is 14.3 Å². The predicted octanol–water partition coefficient (Wildman–Crippen LogP) is 3.04. The van der Waals surface area contributed by atoms with Crippen molar-refractivity contribution in [3.8, 4) is 0 Å². The average molecular weight is 264 g/mol. The number of carbonyl (C=O) groups excluding carboxylic acids is 1. The molecular weight excluding hydrogens is 244 g/mol. The van der Waals surface area contributed by atoms with Gasteiger partial charge in [-0.05, 0) is 11.5 Å². The molecule has 0 saturated heterocycles. The van der Waals surface area contributed by atoms with E-state index in [1.54, 1.807) is 31.2 Å². The maximum absolute atomic E-state index is 11.9. The van der Waals surface area contributed by atoms with Gasteiger partial charge in [0.15, 0.2) is 0 Å². The number of carboxylic acids is 1. The molecule has 0 fully saturated rings. The summed E-state index contributed by atoms with van der Waals surface area (Å²) in [6, 6.07) is 8.95. The highest BCUT2D eigenvalue weighted by Crippen LogP contribution is 2.24. The Balaban J connectivity index is 2.82. The third-order valence-electron chi connectivity index (χ3n) is 3.16. The highest BCUT2D eigenvalue weighted by molar-refractivity contribution is 5.74. The van der Waals surface area contributed by atoms with Gasteiger partial charge in [0.05, 0.1) is 12.3 Å². The van der Waals surface area contributed by atoms with E-state index in [9.17, 15) is 9.59 Å². The Morgan fingerprint density at radius 3 is 2.21 bits per heavy atom. The second-order valence-electron chi connectivity index (χ2n) is 4.97. The molecule has 4 nitrogen and oxygen atoms in total. The van der Waals surface area contributed by atoms with E-state index in [-0.39, 0.29) is 24.2 Å². The van der Waals surface area contributed by atoms with E-state index in [1.165, 1.54) is 0 Å². The van der Waals surface area contributed by atoms with E-state index in [0.29, 0.717) is 5.56 Å². The van der Waals surface area contributed by atoms with Crippen molar-refractivity contribution in [1.29, 1.82) is 0 Å². The van der Waals surface area contributed by atoms with Gasteiger partial charge in [-0.1, -0.05) is 51.1 Å². The summed E-state index contributed by atoms with van der Waals surface area (Å²) in [5, 5.41) is 8.91. The van der Waals surface area contributed by atoms with Crippen LogP contribution < -0.4 is 0 Å². The number of rotatable bonds is 6. The fraction of sp³-hybridized carbons (Fsp3) is 0.467. The number of carbonyl (C=O) groups is 2. The molecule has 2 atom stereocenters. The van der Waals surface area contributed by atoms with Gasteiger partial charge in [-0.3, -0.25) is 9.59 Å². The molecule has 4 heteroatoms. The first-order valence-electron chi connectivity index (χ1n) is 6.39. The smallest absolute Gasteiger partial charge is 0.309 e. The van der Waals surface area contributed by atoms with Gasteiger partial charge in [0.1, 0.15) is 6.10 Å². The molecule has 0 heterocycles. The van der Waals surface area contributed by atoms with Gasteiger partial charge in [0.25, 0.3) is 0 Å². The molecule has 0 amide bonds. The number of aliphatic carboxylic acids is 1. The summed E-state index contributed by atoms with van der Waals surface area (Å²) in [6.07, 6.45) is -0.951. The lowest BCUT2D eigenvalue weighted by molar-refractivity contribution is -0.158. The van der Waals surface area contributed by atoms with Crippen molar-refractivity contribution in [2.75, 3.05) is 0 Å². The van der Waals surface area contributed by atoms with Crippen LogP contribution in [-0.4, -0.2) is 17.0 Å². The molecule has 0 saturated carbocycles. The van der Waals surface area contributed by atoms with Crippen LogP contribution in [0.15, 0.2) is 30.3 Å². The lowest BCUT2D eigenvalue weighted by Gasteiger charge is -2.21. The number of hydrogen-bond acceptors (Lipinski definition) is 3. The predicted molar refractivity (Wildman–Crippen MR) is 71.5 cm³/mol. The number of esters is 1. The molecule has 0 radical (unpaired) electrons. The number of hydrogen-bond donors (Lipinski definition) is 1. The fourth-order valence-corrected chi connectivity index (χ4v) is 1.57. The zero-order valence-corrected chi connectivity index (χ0v) is 11.5. The van der Waals surface area contributed by atoms with Gasteiger partial charge < -0.3 is 9.84 Å². The minimum absolute atomic E-state index is 0.161. The first-order valence-corrected chi connectivity index (χ1v) is 6.39. The molecule has 0 aliphatic carbocycles. The van der Waals surface area contributed by atoms with Crippen molar-refractivity contribution in [2.24, 2.45) is 11.8 Å². The summed E-state index contributed by atoms with van der Waals surface area (Å²) in [7, 11) is 0. The molecule has 0 aliphatic heterocycles. The van der Waals surface area contributed by atoms with Crippen LogP contribution in [0.1, 0.15) is 38.9 Å². The number of ether oxygens (including phenoxy) is 1. The molecule has 1 aromatic carbocycles. The largest absolute Gasteiger partial charge is 0.481 e. The number of carboxylic acid groups (broad SMARTS) is 1. The zero-order valence-electron chi connectivity index (χ0n) is 11.5. The minimum atomic E-state index is -0.987. The highest BCUT2D eigenvalue weighted by atomic mass is 16.5. The molecule has 0 aliphatic rings. The second kappa shape index (κ2) is 6.92. The maximum Gasteiger partial charge on any atom is 0.309 e. The van der Waals surface area contributed by atoms with Gasteiger partial charge in [0.2, 0.25) is 0 Å². The molecule has 1 aromatic rings. The van der Waals surface area contributed by atoms with Gasteiger partial charge in [-0.2, -0.15) is 0 Å². The standard InChI is InChI=1S/C15H20O4/c1-10(2)11(3)15(18)19-13(9-14(16)17)12-7-5-4-6-8-12/h4-8,10-11,13H,9H2,1-3H3,(H,16,17). The Hall–Kier alpha value is -1.84. The average Bonchev–Trinajstić information content (AvgIpc) is 2.37. The third kappa shape index (κ3) is 4.73. The monoisotopic (exact) mass is 264 g/mol. The van der Waals surface area contributed by atoms with E-state index in [1.807, 2.05) is 19.9 Å². The van der Waals surface area contributed by atoms with E-state index in [2.05, 4.69) is 0 Å². The van der Waals surface area contributed by atoms with Crippen LogP contribution in [0.25, 0.3) is 0 Å². The van der Waals surface area contributed by atoms with Crippen LogP contribution in [0.2, 0.25) is 0 Å². The summed E-state index contributed by atoms with van der Waals surface area (Å²) < 4.78 is 5.35. The second-order valence-corrected chi connectivity index (χ2v) is 4.97. The van der Waals surface area contributed by atoms with Gasteiger partial charge in [-0.25, -0.2) is 0 Å². The summed E-state index contributed by atoms with van der Waals surface area (Å²) in [5.74, 6) is -1.43. The Bertz CT molecular complexity index is 425. The molecule has 1 N–H and O–H groups in total. The van der Waals surface area contributed by atoms with Crippen molar-refractivity contribution in [1.82, 2.24) is 0 Å². The molecule has 0 aromatic heterocycles. The first-order chi connectivity index (χ1) is 8.91. The van der Waals surface area contributed by atoms with Crippen molar-refractivity contribution < 1.29 is 19.4 Å². The van der Waals surface area contributed by atoms with Crippen LogP contribution in [0.3, 0.4) is 0 Å². The lowest BCUT2D eigenvalue weighted by Crippen LogP contribution is -2.23. The molecule has 19 heavy (non-hydrogen) atoms. The Labute approximate surface area is 113 Å². The van der Waals surface area contributed by atoms with Gasteiger partial charge >= 0.3 is 11.9 Å². The first kappa shape index (κ1) is 15.2. The SMILES string of the molecule is CC(C)C(C)C(=O)OC(CC(=O)O)c1ccccc1. The zero-order chi connectivity index (χ0) is 14.4. The maximum atomic E-state index is 11.9. The third-order valence-corrected chi connectivity index (χ3v) is 3.16. The van der Waals surface area contributed by atoms with Crippen LogP contribution in [0, 0.1) is 11.8 Å². The molecule has 104 valence electrons. The van der Waals surface area contributed by atoms with Crippen molar-refractivity contribution >= 4 is 11.9 Å². The molecule has 1 rings (SSSR count). The van der Waals surface area contributed by atoms with Crippen molar-refractivity contribution in [3.05, 3.63) is 35.9 Å². The fourth-order valence-electron chi connectivity index (χ4n) is 1.57. The van der Waals surface area contributed by atoms with Crippen LogP contribution in [0.5, 0.6) is 0 Å². The van der Waals surface area contributed by atoms with Gasteiger partial charge in [0, 0.05) is 0 Å². The molecule has 0 bridgehead atoms. The van der Waals surface area contributed by atoms with E-state index < -0.39 is 12.1 Å². The quantitative estimate of drug-likeness (QED) is 0.802. The Morgan fingerprint density at radius 1 is 1.16 bits per heavy atom. The van der Waals surface area contributed by atoms with E-state index in [4.69, 9.17) is 9.84 Å². The molecular formula is C15H20O4. The van der Waals surface area contributed by atoms with E-state index in [0.717, 1.165) is 0 Å². The van der Waals surface area contributed by atoms with Crippen molar-refractivity contribution in [2.45, 2.75) is 33.3 Å². The Kier molecular flexibility index (Phi) is 5.55. The minimum Gasteiger partial charge on any atom is -0.481 e. The topological polar surface area (TPSA) is 63.6 Å². The van der Waals surface area contributed by atoms with Crippen LogP contribution in [0.4, 0.5) is 0 Å².